The Morgan fingerprint density at radius 1 is 1.12 bits per heavy atom. The van der Waals surface area contributed by atoms with E-state index < -0.39 is 30.4 Å². The maximum absolute atomic E-state index is 11.6. The molecule has 0 aliphatic rings. The number of sulfone groups is 1. The van der Waals surface area contributed by atoms with E-state index in [2.05, 4.69) is 4.98 Å². The molecule has 1 aromatic rings. The highest BCUT2D eigenvalue weighted by Crippen LogP contribution is 2.12. The first-order valence-corrected chi connectivity index (χ1v) is 8.48. The fourth-order valence-corrected chi connectivity index (χ4v) is 3.91. The van der Waals surface area contributed by atoms with Crippen molar-refractivity contribution in [1.29, 1.82) is 0 Å². The highest BCUT2D eigenvalue weighted by atomic mass is 35.7. The molecule has 0 unspecified atom stereocenters. The van der Waals surface area contributed by atoms with Gasteiger partial charge in [-0.15, -0.1) is 0 Å². The first-order chi connectivity index (χ1) is 7.21. The number of aromatic nitrogens is 1. The highest BCUT2D eigenvalue weighted by Gasteiger charge is 2.19. The average molecular weight is 304 g/mol. The Morgan fingerprint density at radius 2 is 1.75 bits per heavy atom. The van der Waals surface area contributed by atoms with Gasteiger partial charge in [-0.3, -0.25) is 0 Å². The maximum Gasteiger partial charge on any atom is 0.233 e. The lowest BCUT2D eigenvalue weighted by Crippen LogP contribution is -2.15. The van der Waals surface area contributed by atoms with E-state index in [0.29, 0.717) is 5.02 Å². The van der Waals surface area contributed by atoms with Crippen LogP contribution in [0.25, 0.3) is 0 Å². The van der Waals surface area contributed by atoms with Gasteiger partial charge >= 0.3 is 0 Å². The molecule has 0 radical (unpaired) electrons. The summed E-state index contributed by atoms with van der Waals surface area (Å²) in [5.41, 5.74) is 0. The van der Waals surface area contributed by atoms with Crippen molar-refractivity contribution < 1.29 is 16.8 Å². The van der Waals surface area contributed by atoms with Crippen LogP contribution in [0.3, 0.4) is 0 Å². The van der Waals surface area contributed by atoms with Crippen molar-refractivity contribution in [2.45, 2.75) is 5.03 Å². The quantitative estimate of drug-likeness (QED) is 0.777. The number of halogens is 2. The van der Waals surface area contributed by atoms with Gasteiger partial charge in [0.25, 0.3) is 0 Å². The summed E-state index contributed by atoms with van der Waals surface area (Å²) in [5, 5.41) is 0.0705. The van der Waals surface area contributed by atoms with Crippen LogP contribution in [0, 0.1) is 0 Å². The van der Waals surface area contributed by atoms with Gasteiger partial charge in [0, 0.05) is 16.9 Å². The summed E-state index contributed by atoms with van der Waals surface area (Å²) < 4.78 is 44.4. The van der Waals surface area contributed by atoms with Gasteiger partial charge in [-0.05, 0) is 12.1 Å². The fourth-order valence-electron chi connectivity index (χ4n) is 0.860. The minimum atomic E-state index is -3.83. The predicted molar refractivity (Wildman–Crippen MR) is 60.9 cm³/mol. The number of hydrogen-bond acceptors (Lipinski definition) is 5. The first-order valence-electron chi connectivity index (χ1n) is 3.97. The van der Waals surface area contributed by atoms with Crippen molar-refractivity contribution >= 4 is 41.2 Å². The van der Waals surface area contributed by atoms with Gasteiger partial charge in [-0.1, -0.05) is 11.6 Å². The van der Waals surface area contributed by atoms with Gasteiger partial charge in [-0.25, -0.2) is 21.8 Å². The molecule has 5 nitrogen and oxygen atoms in total. The van der Waals surface area contributed by atoms with Gasteiger partial charge in [0.05, 0.1) is 16.5 Å². The molecule has 0 atom stereocenters. The fraction of sp³-hybridized carbons (Fsp3) is 0.286. The van der Waals surface area contributed by atoms with Crippen LogP contribution < -0.4 is 0 Å². The molecular weight excluding hydrogens is 297 g/mol. The van der Waals surface area contributed by atoms with Crippen LogP contribution in [0.15, 0.2) is 23.4 Å². The van der Waals surface area contributed by atoms with Crippen LogP contribution in [-0.4, -0.2) is 33.3 Å². The smallest absolute Gasteiger partial charge is 0.233 e. The third-order valence-electron chi connectivity index (χ3n) is 1.61. The topological polar surface area (TPSA) is 81.2 Å². The largest absolute Gasteiger partial charge is 0.243 e. The van der Waals surface area contributed by atoms with Crippen LogP contribution in [0.4, 0.5) is 0 Å². The molecule has 90 valence electrons. The van der Waals surface area contributed by atoms with Crippen molar-refractivity contribution in [3.05, 3.63) is 23.4 Å². The molecule has 0 N–H and O–H groups in total. The van der Waals surface area contributed by atoms with Crippen LogP contribution in [-0.2, 0) is 18.9 Å². The molecule has 0 saturated heterocycles. The Kier molecular flexibility index (Phi) is 4.17. The Labute approximate surface area is 103 Å². The molecule has 1 rings (SSSR count). The van der Waals surface area contributed by atoms with Gasteiger partial charge in [-0.2, -0.15) is 0 Å². The van der Waals surface area contributed by atoms with E-state index >= 15 is 0 Å². The zero-order valence-electron chi connectivity index (χ0n) is 7.80. The van der Waals surface area contributed by atoms with E-state index in [1.165, 1.54) is 18.3 Å². The number of hydrogen-bond donors (Lipinski definition) is 0. The molecule has 0 bridgehead atoms. The van der Waals surface area contributed by atoms with Gasteiger partial charge in [0.1, 0.15) is 0 Å². The minimum Gasteiger partial charge on any atom is -0.243 e. The van der Waals surface area contributed by atoms with Crippen molar-refractivity contribution in [3.63, 3.8) is 0 Å². The second-order valence-corrected chi connectivity index (χ2v) is 8.27. The zero-order valence-corrected chi connectivity index (χ0v) is 10.9. The molecule has 16 heavy (non-hydrogen) atoms. The summed E-state index contributed by atoms with van der Waals surface area (Å²) in [5.74, 6) is -1.26. The van der Waals surface area contributed by atoms with Crippen LogP contribution in [0.2, 0.25) is 5.02 Å². The monoisotopic (exact) mass is 303 g/mol. The third-order valence-corrected chi connectivity index (χ3v) is 4.87. The Morgan fingerprint density at radius 3 is 2.19 bits per heavy atom. The van der Waals surface area contributed by atoms with E-state index in [4.69, 9.17) is 22.3 Å². The maximum atomic E-state index is 11.6. The van der Waals surface area contributed by atoms with Crippen molar-refractivity contribution in [2.24, 2.45) is 0 Å². The second kappa shape index (κ2) is 4.87. The Balaban J connectivity index is 2.91. The molecule has 9 heteroatoms. The molecule has 1 heterocycles. The van der Waals surface area contributed by atoms with Crippen LogP contribution in [0.1, 0.15) is 0 Å². The average Bonchev–Trinajstić information content (AvgIpc) is 2.15. The molecule has 0 aliphatic heterocycles. The summed E-state index contributed by atoms with van der Waals surface area (Å²) in [7, 11) is -2.66. The van der Waals surface area contributed by atoms with E-state index in [1.807, 2.05) is 0 Å². The van der Waals surface area contributed by atoms with E-state index in [1.54, 1.807) is 0 Å². The summed E-state index contributed by atoms with van der Waals surface area (Å²) in [6, 6.07) is 2.56. The normalized spacial score (nSPS) is 12.6. The van der Waals surface area contributed by atoms with Gasteiger partial charge in [0.15, 0.2) is 14.9 Å². The van der Waals surface area contributed by atoms with E-state index in [9.17, 15) is 16.8 Å². The summed E-state index contributed by atoms with van der Waals surface area (Å²) in [6.45, 7) is 0. The molecule has 1 aromatic heterocycles. The number of rotatable bonds is 4. The molecule has 0 saturated carbocycles. The van der Waals surface area contributed by atoms with E-state index in [-0.39, 0.29) is 5.03 Å². The molecule has 0 aliphatic carbocycles. The number of nitrogens with zero attached hydrogens (tertiary/aromatic N) is 1. The van der Waals surface area contributed by atoms with Gasteiger partial charge < -0.3 is 0 Å². The molecule has 0 aromatic carbocycles. The molecule has 0 amide bonds. The molecule has 0 fully saturated rings. The lowest BCUT2D eigenvalue weighted by Gasteiger charge is -2.01. The van der Waals surface area contributed by atoms with Crippen LogP contribution in [0.5, 0.6) is 0 Å². The van der Waals surface area contributed by atoms with Gasteiger partial charge in [0.2, 0.25) is 9.05 Å². The van der Waals surface area contributed by atoms with Crippen LogP contribution >= 0.6 is 22.3 Å². The van der Waals surface area contributed by atoms with E-state index in [0.717, 1.165) is 0 Å². The Hall–Kier alpha value is -0.370. The first kappa shape index (κ1) is 13.7. The molecular formula is C7H7Cl2NO4S2. The predicted octanol–water partition coefficient (Wildman–Crippen LogP) is 1.08. The Bertz CT molecular complexity index is 565. The second-order valence-electron chi connectivity index (χ2n) is 2.88. The molecule has 0 spiro atoms. The summed E-state index contributed by atoms with van der Waals surface area (Å²) >= 11 is 5.54. The number of pyridine rings is 1. The van der Waals surface area contributed by atoms with Crippen molar-refractivity contribution in [1.82, 2.24) is 4.98 Å². The SMILES string of the molecule is O=S(=O)(Cl)CCS(=O)(=O)c1ccc(Cl)cn1. The van der Waals surface area contributed by atoms with Crippen molar-refractivity contribution in [3.8, 4) is 0 Å². The van der Waals surface area contributed by atoms with Crippen molar-refractivity contribution in [2.75, 3.05) is 11.5 Å². The standard InChI is InChI=1S/C7H7Cl2NO4S2/c8-6-1-2-7(10-5-6)15(11,12)3-4-16(9,13)14/h1-2,5H,3-4H2. The minimum absolute atomic E-state index is 0.225. The summed E-state index contributed by atoms with van der Waals surface area (Å²) in [4.78, 5) is 3.59. The zero-order chi connectivity index (χ0) is 12.4. The summed E-state index contributed by atoms with van der Waals surface area (Å²) in [6.07, 6.45) is 1.17. The lowest BCUT2D eigenvalue weighted by atomic mass is 10.5. The highest BCUT2D eigenvalue weighted by molar-refractivity contribution is 8.14. The third kappa shape index (κ3) is 4.25. The lowest BCUT2D eigenvalue weighted by molar-refractivity contribution is 0.589.